The maximum Gasteiger partial charge on any atom is 0.360 e. The zero-order valence-electron chi connectivity index (χ0n) is 16.6. The first kappa shape index (κ1) is 19.0. The van der Waals surface area contributed by atoms with Crippen molar-refractivity contribution in [2.24, 2.45) is 0 Å². The van der Waals surface area contributed by atoms with E-state index in [1.54, 1.807) is 16.3 Å². The number of aromatic amines is 1. The van der Waals surface area contributed by atoms with E-state index in [0.717, 1.165) is 23.7 Å². The second kappa shape index (κ2) is 8.39. The predicted octanol–water partition coefficient (Wildman–Crippen LogP) is 3.59. The molecule has 4 aromatic rings. The van der Waals surface area contributed by atoms with Crippen LogP contribution in [0.3, 0.4) is 0 Å². The largest absolute Gasteiger partial charge is 0.360 e. The Balaban J connectivity index is 1.52. The number of fused-ring (bicyclic) bond motifs is 1. The summed E-state index contributed by atoms with van der Waals surface area (Å²) < 4.78 is 3.79. The van der Waals surface area contributed by atoms with Crippen LogP contribution in [0.4, 0.5) is 0 Å². The van der Waals surface area contributed by atoms with Gasteiger partial charge in [-0.2, -0.15) is 0 Å². The van der Waals surface area contributed by atoms with E-state index in [1.807, 2.05) is 54.6 Å². The van der Waals surface area contributed by atoms with Crippen molar-refractivity contribution in [3.63, 3.8) is 0 Å². The summed E-state index contributed by atoms with van der Waals surface area (Å²) in [6.45, 7) is 0. The van der Waals surface area contributed by atoms with Gasteiger partial charge in [0.25, 0.3) is 5.56 Å². The molecule has 0 spiro atoms. The van der Waals surface area contributed by atoms with E-state index in [1.165, 1.54) is 19.3 Å². The molecule has 1 N–H and O–H groups in total. The second-order valence-corrected chi connectivity index (χ2v) is 8.50. The second-order valence-electron chi connectivity index (χ2n) is 7.55. The fourth-order valence-corrected chi connectivity index (χ4v) is 5.01. The minimum atomic E-state index is -0.0530. The summed E-state index contributed by atoms with van der Waals surface area (Å²) in [5.41, 5.74) is 1.48. The Morgan fingerprint density at radius 1 is 1.03 bits per heavy atom. The highest BCUT2D eigenvalue weighted by Gasteiger charge is 2.26. The summed E-state index contributed by atoms with van der Waals surface area (Å²) in [6, 6.07) is 17.6. The number of aromatic nitrogens is 6. The molecule has 0 amide bonds. The number of thioether (sulfide) groups is 1. The third kappa shape index (κ3) is 3.63. The van der Waals surface area contributed by atoms with Gasteiger partial charge in [0.2, 0.25) is 0 Å². The van der Waals surface area contributed by atoms with Crippen molar-refractivity contribution >= 4 is 22.7 Å². The zero-order valence-corrected chi connectivity index (χ0v) is 17.4. The molecule has 0 radical (unpaired) electrons. The van der Waals surface area contributed by atoms with Gasteiger partial charge in [0, 0.05) is 0 Å². The Hall–Kier alpha value is -3.00. The van der Waals surface area contributed by atoms with Gasteiger partial charge in [-0.25, -0.2) is 4.98 Å². The molecule has 2 aromatic heterocycles. The van der Waals surface area contributed by atoms with Crippen molar-refractivity contribution < 1.29 is 4.68 Å². The molecule has 0 saturated heterocycles. The molecule has 0 atom stereocenters. The van der Waals surface area contributed by atoms with E-state index in [0.29, 0.717) is 28.5 Å². The van der Waals surface area contributed by atoms with Crippen molar-refractivity contribution in [3.05, 3.63) is 70.8 Å². The molecule has 7 nitrogen and oxygen atoms in total. The lowest BCUT2D eigenvalue weighted by atomic mass is 9.96. The van der Waals surface area contributed by atoms with Gasteiger partial charge in [-0.3, -0.25) is 9.36 Å². The van der Waals surface area contributed by atoms with Gasteiger partial charge in [-0.15, -0.1) is 4.68 Å². The molecule has 2 heterocycles. The van der Waals surface area contributed by atoms with Crippen molar-refractivity contribution in [1.29, 1.82) is 0 Å². The average molecular weight is 420 g/mol. The van der Waals surface area contributed by atoms with E-state index >= 15 is 0 Å². The van der Waals surface area contributed by atoms with E-state index < -0.39 is 0 Å². The lowest BCUT2D eigenvalue weighted by Crippen LogP contribution is -2.44. The number of rotatable bonds is 5. The SMILES string of the molecule is O=c1c2ccccc2nc(CSc2nn[nH][n+]2C2CCCCC2)n1-c1ccccc1. The Morgan fingerprint density at radius 3 is 2.63 bits per heavy atom. The van der Waals surface area contributed by atoms with Crippen LogP contribution < -0.4 is 10.2 Å². The third-order valence-electron chi connectivity index (χ3n) is 5.62. The third-order valence-corrected chi connectivity index (χ3v) is 6.56. The van der Waals surface area contributed by atoms with Crippen molar-refractivity contribution in [2.45, 2.75) is 49.1 Å². The summed E-state index contributed by atoms with van der Waals surface area (Å²) in [5.74, 6) is 1.22. The highest BCUT2D eigenvalue weighted by molar-refractivity contribution is 7.98. The number of hydrogen-bond acceptors (Lipinski definition) is 5. The lowest BCUT2D eigenvalue weighted by Gasteiger charge is -2.19. The van der Waals surface area contributed by atoms with Crippen molar-refractivity contribution in [1.82, 2.24) is 25.1 Å². The van der Waals surface area contributed by atoms with E-state index in [9.17, 15) is 4.79 Å². The fraction of sp³-hybridized carbons (Fsp3) is 0.318. The van der Waals surface area contributed by atoms with E-state index in [4.69, 9.17) is 4.98 Å². The van der Waals surface area contributed by atoms with Crippen LogP contribution in [0.1, 0.15) is 44.0 Å². The minimum Gasteiger partial charge on any atom is -0.268 e. The monoisotopic (exact) mass is 419 g/mol. The predicted molar refractivity (Wildman–Crippen MR) is 116 cm³/mol. The first-order valence-corrected chi connectivity index (χ1v) is 11.3. The summed E-state index contributed by atoms with van der Waals surface area (Å²) in [6.07, 6.45) is 6.06. The molecule has 0 aliphatic heterocycles. The van der Waals surface area contributed by atoms with Gasteiger partial charge in [0.15, 0.2) is 5.21 Å². The standard InChI is InChI=1S/C22H22N6OS/c29-21-18-13-7-8-14-19(18)23-20(27(21)16-9-3-1-4-10-16)15-30-22-24-25-26-28(22)17-11-5-2-6-12-17/h1,3-4,7-10,13-14,17H,2,5-6,11-12,15H2/p+1. The number of nitrogens with zero attached hydrogens (tertiary/aromatic N) is 5. The van der Waals surface area contributed by atoms with Gasteiger partial charge in [-0.05, 0) is 61.7 Å². The molecule has 8 heteroatoms. The fourth-order valence-electron chi connectivity index (χ4n) is 4.13. The molecular formula is C22H23N6OS+. The maximum absolute atomic E-state index is 13.3. The van der Waals surface area contributed by atoms with Crippen LogP contribution in [0.15, 0.2) is 64.5 Å². The smallest absolute Gasteiger partial charge is 0.268 e. The Kier molecular flexibility index (Phi) is 5.31. The first-order chi connectivity index (χ1) is 14.8. The van der Waals surface area contributed by atoms with Crippen molar-refractivity contribution in [3.8, 4) is 5.69 Å². The summed E-state index contributed by atoms with van der Waals surface area (Å²) in [5, 5.41) is 12.8. The minimum absolute atomic E-state index is 0.0530. The highest BCUT2D eigenvalue weighted by atomic mass is 32.2. The number of para-hydroxylation sites is 2. The van der Waals surface area contributed by atoms with Crippen LogP contribution in [0, 0.1) is 0 Å². The lowest BCUT2D eigenvalue weighted by molar-refractivity contribution is -0.812. The molecule has 0 bridgehead atoms. The number of hydrogen-bond donors (Lipinski definition) is 1. The molecular weight excluding hydrogens is 396 g/mol. The molecule has 2 aromatic carbocycles. The average Bonchev–Trinajstić information content (AvgIpc) is 3.28. The van der Waals surface area contributed by atoms with Gasteiger partial charge < -0.3 is 0 Å². The number of tetrazole rings is 1. The molecule has 0 unspecified atom stereocenters. The van der Waals surface area contributed by atoms with Gasteiger partial charge in [0.05, 0.1) is 22.3 Å². The van der Waals surface area contributed by atoms with Crippen LogP contribution in [-0.2, 0) is 5.75 Å². The van der Waals surface area contributed by atoms with Crippen LogP contribution in [0.25, 0.3) is 16.6 Å². The van der Waals surface area contributed by atoms with E-state index in [2.05, 4.69) is 20.2 Å². The number of H-pyrrole nitrogens is 1. The molecule has 1 aliphatic rings. The highest BCUT2D eigenvalue weighted by Crippen LogP contribution is 2.26. The normalized spacial score (nSPS) is 14.9. The summed E-state index contributed by atoms with van der Waals surface area (Å²) in [7, 11) is 0. The van der Waals surface area contributed by atoms with Gasteiger partial charge >= 0.3 is 5.16 Å². The molecule has 1 fully saturated rings. The van der Waals surface area contributed by atoms with Gasteiger partial charge in [-0.1, -0.05) is 42.0 Å². The number of nitrogens with one attached hydrogen (secondary N) is 1. The molecule has 1 saturated carbocycles. The quantitative estimate of drug-likeness (QED) is 0.395. The number of benzene rings is 2. The zero-order chi connectivity index (χ0) is 20.3. The van der Waals surface area contributed by atoms with E-state index in [-0.39, 0.29) is 5.56 Å². The Labute approximate surface area is 178 Å². The summed E-state index contributed by atoms with van der Waals surface area (Å²) >= 11 is 1.56. The van der Waals surface area contributed by atoms with Crippen LogP contribution in [0.5, 0.6) is 0 Å². The molecule has 30 heavy (non-hydrogen) atoms. The van der Waals surface area contributed by atoms with Crippen molar-refractivity contribution in [2.75, 3.05) is 0 Å². The Morgan fingerprint density at radius 2 is 1.80 bits per heavy atom. The maximum atomic E-state index is 13.3. The van der Waals surface area contributed by atoms with Crippen LogP contribution in [0.2, 0.25) is 0 Å². The van der Waals surface area contributed by atoms with Gasteiger partial charge in [0.1, 0.15) is 17.0 Å². The Bertz CT molecular complexity index is 1210. The first-order valence-electron chi connectivity index (χ1n) is 10.3. The van der Waals surface area contributed by atoms with Crippen LogP contribution >= 0.6 is 11.8 Å². The summed E-state index contributed by atoms with van der Waals surface area (Å²) in [4.78, 5) is 18.1. The molecule has 5 rings (SSSR count). The molecule has 152 valence electrons. The van der Waals surface area contributed by atoms with Crippen LogP contribution in [-0.4, -0.2) is 25.1 Å². The molecule has 1 aliphatic carbocycles. The topological polar surface area (TPSA) is 80.3 Å².